The Bertz CT molecular complexity index is 1150. The molecule has 0 aliphatic carbocycles. The van der Waals surface area contributed by atoms with E-state index in [0.29, 0.717) is 20.2 Å². The smallest absolute Gasteiger partial charge is 0.236 e. The SMILES string of the molecule is Cc1ccc2nc(NC(=O)CSc3nc(-c4ccc(F)cc4)c(N)s3)sc2c1. The van der Waals surface area contributed by atoms with Crippen LogP contribution >= 0.6 is 34.4 Å². The molecule has 4 aromatic rings. The van der Waals surface area contributed by atoms with Crippen molar-refractivity contribution in [1.82, 2.24) is 9.97 Å². The molecule has 1 amide bonds. The van der Waals surface area contributed by atoms with E-state index in [-0.39, 0.29) is 17.5 Å². The molecule has 28 heavy (non-hydrogen) atoms. The van der Waals surface area contributed by atoms with Crippen molar-refractivity contribution in [2.24, 2.45) is 0 Å². The quantitative estimate of drug-likeness (QED) is 0.426. The maximum atomic E-state index is 13.1. The Morgan fingerprint density at radius 2 is 1.96 bits per heavy atom. The number of rotatable bonds is 5. The van der Waals surface area contributed by atoms with Crippen LogP contribution in [0.3, 0.4) is 0 Å². The van der Waals surface area contributed by atoms with E-state index < -0.39 is 0 Å². The summed E-state index contributed by atoms with van der Waals surface area (Å²) in [4.78, 5) is 21.2. The summed E-state index contributed by atoms with van der Waals surface area (Å²) in [6.45, 7) is 2.02. The number of nitrogen functional groups attached to an aromatic ring is 1. The molecule has 0 fully saturated rings. The third-order valence-corrected chi connectivity index (χ3v) is 6.83. The van der Waals surface area contributed by atoms with Gasteiger partial charge in [0.25, 0.3) is 0 Å². The lowest BCUT2D eigenvalue weighted by molar-refractivity contribution is -0.113. The monoisotopic (exact) mass is 430 g/mol. The molecular weight excluding hydrogens is 415 g/mol. The number of halogens is 1. The topological polar surface area (TPSA) is 80.9 Å². The van der Waals surface area contributed by atoms with Gasteiger partial charge in [-0.2, -0.15) is 0 Å². The summed E-state index contributed by atoms with van der Waals surface area (Å²) in [5, 5.41) is 3.95. The maximum Gasteiger partial charge on any atom is 0.236 e. The second kappa shape index (κ2) is 7.86. The molecule has 0 saturated carbocycles. The molecular formula is C19H15FN4OS3. The third kappa shape index (κ3) is 4.16. The minimum absolute atomic E-state index is 0.155. The maximum absolute atomic E-state index is 13.1. The number of nitrogens with two attached hydrogens (primary N) is 1. The van der Waals surface area contributed by atoms with Crippen LogP contribution in [-0.4, -0.2) is 21.6 Å². The van der Waals surface area contributed by atoms with Crippen LogP contribution in [0.4, 0.5) is 14.5 Å². The molecule has 0 aliphatic rings. The molecule has 0 radical (unpaired) electrons. The van der Waals surface area contributed by atoms with Crippen LogP contribution in [0, 0.1) is 12.7 Å². The molecule has 0 spiro atoms. The third-order valence-electron chi connectivity index (χ3n) is 3.87. The van der Waals surface area contributed by atoms with Crippen molar-refractivity contribution in [1.29, 1.82) is 0 Å². The van der Waals surface area contributed by atoms with E-state index in [2.05, 4.69) is 15.3 Å². The van der Waals surface area contributed by atoms with Gasteiger partial charge in [0.15, 0.2) is 9.47 Å². The normalized spacial score (nSPS) is 11.1. The van der Waals surface area contributed by atoms with E-state index in [0.717, 1.165) is 21.3 Å². The first kappa shape index (κ1) is 18.9. The molecule has 0 saturated heterocycles. The summed E-state index contributed by atoms with van der Waals surface area (Å²) in [5.41, 5.74) is 9.42. The molecule has 2 aromatic carbocycles. The molecule has 9 heteroatoms. The number of amides is 1. The van der Waals surface area contributed by atoms with Gasteiger partial charge in [-0.05, 0) is 48.9 Å². The first-order valence-corrected chi connectivity index (χ1v) is 10.9. The summed E-state index contributed by atoms with van der Waals surface area (Å²) in [7, 11) is 0. The Hall–Kier alpha value is -2.49. The number of carbonyl (C=O) groups is 1. The fourth-order valence-corrected chi connectivity index (χ4v) is 5.29. The van der Waals surface area contributed by atoms with Crippen LogP contribution in [0.1, 0.15) is 5.56 Å². The molecule has 0 aliphatic heterocycles. The number of aryl methyl sites for hydroxylation is 1. The molecule has 2 heterocycles. The molecule has 0 atom stereocenters. The average molecular weight is 431 g/mol. The molecule has 0 bridgehead atoms. The van der Waals surface area contributed by atoms with Gasteiger partial charge >= 0.3 is 0 Å². The van der Waals surface area contributed by atoms with Crippen LogP contribution < -0.4 is 11.1 Å². The first-order valence-electron chi connectivity index (χ1n) is 8.30. The summed E-state index contributed by atoms with van der Waals surface area (Å²) >= 11 is 4.07. The van der Waals surface area contributed by atoms with Crippen molar-refractivity contribution in [3.8, 4) is 11.3 Å². The largest absolute Gasteiger partial charge is 0.389 e. The number of thioether (sulfide) groups is 1. The summed E-state index contributed by atoms with van der Waals surface area (Å²) < 4.78 is 14.8. The van der Waals surface area contributed by atoms with Crippen molar-refractivity contribution in [2.75, 3.05) is 16.8 Å². The Balaban J connectivity index is 1.40. The van der Waals surface area contributed by atoms with Gasteiger partial charge in [-0.1, -0.05) is 40.5 Å². The van der Waals surface area contributed by atoms with Gasteiger partial charge in [-0.3, -0.25) is 4.79 Å². The van der Waals surface area contributed by atoms with Gasteiger partial charge in [-0.25, -0.2) is 14.4 Å². The Labute approximate surface area is 172 Å². The second-order valence-electron chi connectivity index (χ2n) is 6.03. The first-order chi connectivity index (χ1) is 13.5. The lowest BCUT2D eigenvalue weighted by Crippen LogP contribution is -2.13. The lowest BCUT2D eigenvalue weighted by atomic mass is 10.2. The zero-order chi connectivity index (χ0) is 19.7. The highest BCUT2D eigenvalue weighted by molar-refractivity contribution is 8.01. The van der Waals surface area contributed by atoms with Crippen molar-refractivity contribution in [3.05, 3.63) is 53.8 Å². The van der Waals surface area contributed by atoms with Crippen LogP contribution in [0.2, 0.25) is 0 Å². The summed E-state index contributed by atoms with van der Waals surface area (Å²) in [6.07, 6.45) is 0. The van der Waals surface area contributed by atoms with Crippen molar-refractivity contribution in [3.63, 3.8) is 0 Å². The fraction of sp³-hybridized carbons (Fsp3) is 0.105. The van der Waals surface area contributed by atoms with E-state index in [4.69, 9.17) is 5.73 Å². The summed E-state index contributed by atoms with van der Waals surface area (Å²) in [5.74, 6) is -0.267. The van der Waals surface area contributed by atoms with E-state index in [1.807, 2.05) is 25.1 Å². The highest BCUT2D eigenvalue weighted by Gasteiger charge is 2.14. The molecule has 142 valence electrons. The molecule has 2 aromatic heterocycles. The fourth-order valence-electron chi connectivity index (χ4n) is 2.56. The number of aromatic nitrogens is 2. The van der Waals surface area contributed by atoms with Crippen LogP contribution in [0.25, 0.3) is 21.5 Å². The molecule has 5 nitrogen and oxygen atoms in total. The van der Waals surface area contributed by atoms with Crippen LogP contribution in [-0.2, 0) is 4.79 Å². The van der Waals surface area contributed by atoms with E-state index in [9.17, 15) is 9.18 Å². The average Bonchev–Trinajstić information content (AvgIpc) is 3.23. The van der Waals surface area contributed by atoms with Crippen LogP contribution in [0.5, 0.6) is 0 Å². The standard InChI is InChI=1S/C19H15FN4OS3/c1-10-2-7-13-14(8-10)27-18(22-13)23-15(25)9-26-19-24-16(17(21)28-19)11-3-5-12(20)6-4-11/h2-8H,9,21H2,1H3,(H,22,23,25). The van der Waals surface area contributed by atoms with Gasteiger partial charge in [0.1, 0.15) is 16.5 Å². The zero-order valence-corrected chi connectivity index (χ0v) is 17.2. The predicted octanol–water partition coefficient (Wildman–Crippen LogP) is 5.18. The number of hydrogen-bond acceptors (Lipinski definition) is 7. The number of anilines is 2. The number of carbonyl (C=O) groups excluding carboxylic acids is 1. The highest BCUT2D eigenvalue weighted by Crippen LogP contribution is 2.35. The Kier molecular flexibility index (Phi) is 5.29. The number of nitrogens with zero attached hydrogens (tertiary/aromatic N) is 2. The van der Waals surface area contributed by atoms with E-state index >= 15 is 0 Å². The summed E-state index contributed by atoms with van der Waals surface area (Å²) in [6, 6.07) is 12.0. The molecule has 0 unspecified atom stereocenters. The number of hydrogen-bond donors (Lipinski definition) is 2. The molecule has 4 rings (SSSR count). The van der Waals surface area contributed by atoms with Gasteiger partial charge in [0, 0.05) is 5.56 Å². The lowest BCUT2D eigenvalue weighted by Gasteiger charge is -1.99. The molecule has 3 N–H and O–H groups in total. The number of nitrogens with one attached hydrogen (secondary N) is 1. The zero-order valence-electron chi connectivity index (χ0n) is 14.7. The Morgan fingerprint density at radius 1 is 1.18 bits per heavy atom. The van der Waals surface area contributed by atoms with E-state index in [1.54, 1.807) is 12.1 Å². The van der Waals surface area contributed by atoms with Crippen molar-refractivity contribution < 1.29 is 9.18 Å². The minimum atomic E-state index is -0.311. The number of thiazole rings is 2. The predicted molar refractivity (Wildman–Crippen MR) is 116 cm³/mol. The van der Waals surface area contributed by atoms with Crippen molar-refractivity contribution in [2.45, 2.75) is 11.3 Å². The van der Waals surface area contributed by atoms with Gasteiger partial charge in [0.05, 0.1) is 16.0 Å². The van der Waals surface area contributed by atoms with Crippen molar-refractivity contribution >= 4 is 60.7 Å². The van der Waals surface area contributed by atoms with Crippen LogP contribution in [0.15, 0.2) is 46.8 Å². The Morgan fingerprint density at radius 3 is 2.75 bits per heavy atom. The number of fused-ring (bicyclic) bond motifs is 1. The number of benzene rings is 2. The van der Waals surface area contributed by atoms with E-state index in [1.165, 1.54) is 46.6 Å². The highest BCUT2D eigenvalue weighted by atomic mass is 32.2. The van der Waals surface area contributed by atoms with Gasteiger partial charge in [0.2, 0.25) is 5.91 Å². The second-order valence-corrected chi connectivity index (χ2v) is 9.31. The minimum Gasteiger partial charge on any atom is -0.389 e. The van der Waals surface area contributed by atoms with Gasteiger partial charge in [-0.15, -0.1) is 0 Å². The van der Waals surface area contributed by atoms with Gasteiger partial charge < -0.3 is 11.1 Å².